The smallest absolute Gasteiger partial charge is 0.225 e. The average Bonchev–Trinajstić information content (AvgIpc) is 2.74. The summed E-state index contributed by atoms with van der Waals surface area (Å²) in [4.78, 5) is 4.35. The number of rotatable bonds is 2. The Bertz CT molecular complexity index is 514. The van der Waals surface area contributed by atoms with Gasteiger partial charge >= 0.3 is 0 Å². The third-order valence-corrected chi connectivity index (χ3v) is 3.45. The first kappa shape index (κ1) is 10.6. The van der Waals surface area contributed by atoms with E-state index in [1.807, 2.05) is 13.0 Å². The minimum absolute atomic E-state index is 0.330. The van der Waals surface area contributed by atoms with Crippen molar-refractivity contribution < 1.29 is 4.74 Å². The number of aromatic amines is 1. The highest BCUT2D eigenvalue weighted by Gasteiger charge is 2.18. The third kappa shape index (κ3) is 1.99. The zero-order valence-electron chi connectivity index (χ0n) is 10.1. The molecule has 17 heavy (non-hydrogen) atoms. The first-order valence-electron chi connectivity index (χ1n) is 6.31. The molecule has 0 amide bonds. The number of pyridine rings is 1. The molecule has 1 aliphatic carbocycles. The van der Waals surface area contributed by atoms with Crippen LogP contribution in [0.15, 0.2) is 12.3 Å². The number of fused-ring (bicyclic) bond motifs is 1. The van der Waals surface area contributed by atoms with Crippen molar-refractivity contribution in [3.8, 4) is 5.88 Å². The molecule has 90 valence electrons. The van der Waals surface area contributed by atoms with E-state index in [0.29, 0.717) is 6.10 Å². The molecule has 3 rings (SSSR count). The third-order valence-electron chi connectivity index (χ3n) is 3.45. The molecule has 1 saturated carbocycles. The van der Waals surface area contributed by atoms with Gasteiger partial charge < -0.3 is 4.74 Å². The van der Waals surface area contributed by atoms with Gasteiger partial charge in [-0.25, -0.2) is 4.98 Å². The first-order chi connectivity index (χ1) is 8.34. The van der Waals surface area contributed by atoms with Crippen LogP contribution >= 0.6 is 0 Å². The molecule has 1 fully saturated rings. The van der Waals surface area contributed by atoms with Gasteiger partial charge in [0.25, 0.3) is 0 Å². The highest BCUT2D eigenvalue weighted by Crippen LogP contribution is 2.28. The summed E-state index contributed by atoms with van der Waals surface area (Å²) in [5.41, 5.74) is 1.96. The lowest BCUT2D eigenvalue weighted by Gasteiger charge is -2.22. The number of aryl methyl sites for hydroxylation is 1. The Morgan fingerprint density at radius 1 is 1.29 bits per heavy atom. The number of ether oxygens (including phenoxy) is 1. The molecule has 0 radical (unpaired) electrons. The van der Waals surface area contributed by atoms with E-state index in [-0.39, 0.29) is 0 Å². The molecule has 4 nitrogen and oxygen atoms in total. The minimum atomic E-state index is 0.330. The van der Waals surface area contributed by atoms with Crippen molar-refractivity contribution in [2.24, 2.45) is 0 Å². The summed E-state index contributed by atoms with van der Waals surface area (Å²) in [7, 11) is 0. The average molecular weight is 231 g/mol. The van der Waals surface area contributed by atoms with Crippen LogP contribution in [-0.2, 0) is 0 Å². The SMILES string of the molecule is Cc1n[nH]c2ccnc(OC3CCCCC3)c12. The molecule has 0 saturated heterocycles. The number of hydrogen-bond acceptors (Lipinski definition) is 3. The molecule has 0 unspecified atom stereocenters. The predicted octanol–water partition coefficient (Wildman–Crippen LogP) is 2.98. The molecule has 2 aromatic rings. The van der Waals surface area contributed by atoms with Crippen LogP contribution in [0.5, 0.6) is 5.88 Å². The van der Waals surface area contributed by atoms with Gasteiger partial charge in [0, 0.05) is 6.20 Å². The van der Waals surface area contributed by atoms with Gasteiger partial charge in [0.15, 0.2) is 0 Å². The summed E-state index contributed by atoms with van der Waals surface area (Å²) in [6, 6.07) is 1.93. The Morgan fingerprint density at radius 3 is 2.94 bits per heavy atom. The molecule has 4 heteroatoms. The van der Waals surface area contributed by atoms with Crippen LogP contribution in [0.25, 0.3) is 10.9 Å². The van der Waals surface area contributed by atoms with Gasteiger partial charge in [0.2, 0.25) is 5.88 Å². The van der Waals surface area contributed by atoms with Crippen molar-refractivity contribution in [2.75, 3.05) is 0 Å². The van der Waals surface area contributed by atoms with Crippen LogP contribution in [-0.4, -0.2) is 21.3 Å². The number of aromatic nitrogens is 3. The standard InChI is InChI=1S/C13H17N3O/c1-9-12-11(16-15-9)7-8-14-13(12)17-10-5-3-2-4-6-10/h7-8,10H,2-6H2,1H3,(H,15,16). The van der Waals surface area contributed by atoms with Crippen LogP contribution in [0, 0.1) is 6.92 Å². The topological polar surface area (TPSA) is 50.8 Å². The number of H-pyrrole nitrogens is 1. The molecule has 0 atom stereocenters. The summed E-state index contributed by atoms with van der Waals surface area (Å²) in [5, 5.41) is 8.23. The van der Waals surface area contributed by atoms with E-state index in [4.69, 9.17) is 4.74 Å². The minimum Gasteiger partial charge on any atom is -0.474 e. The predicted molar refractivity (Wildman–Crippen MR) is 66.1 cm³/mol. The molecular formula is C13H17N3O. The highest BCUT2D eigenvalue weighted by atomic mass is 16.5. The van der Waals surface area contributed by atoms with E-state index in [1.54, 1.807) is 6.20 Å². The van der Waals surface area contributed by atoms with E-state index in [9.17, 15) is 0 Å². The van der Waals surface area contributed by atoms with E-state index in [1.165, 1.54) is 19.3 Å². The largest absolute Gasteiger partial charge is 0.474 e. The Kier molecular flexibility index (Phi) is 2.71. The zero-order valence-corrected chi connectivity index (χ0v) is 10.1. The molecule has 0 aromatic carbocycles. The van der Waals surface area contributed by atoms with Crippen molar-refractivity contribution in [3.05, 3.63) is 18.0 Å². The van der Waals surface area contributed by atoms with Gasteiger partial charge in [-0.15, -0.1) is 0 Å². The van der Waals surface area contributed by atoms with Crippen molar-refractivity contribution in [3.63, 3.8) is 0 Å². The van der Waals surface area contributed by atoms with Crippen molar-refractivity contribution >= 4 is 10.9 Å². The van der Waals surface area contributed by atoms with Crippen LogP contribution in [0.3, 0.4) is 0 Å². The Labute approximate surface area is 100 Å². The van der Waals surface area contributed by atoms with E-state index < -0.39 is 0 Å². The van der Waals surface area contributed by atoms with Gasteiger partial charge in [-0.2, -0.15) is 5.10 Å². The second kappa shape index (κ2) is 4.35. The summed E-state index contributed by atoms with van der Waals surface area (Å²) >= 11 is 0. The van der Waals surface area contributed by atoms with E-state index >= 15 is 0 Å². The quantitative estimate of drug-likeness (QED) is 0.864. The maximum absolute atomic E-state index is 6.04. The van der Waals surface area contributed by atoms with Crippen molar-refractivity contribution in [1.82, 2.24) is 15.2 Å². The molecule has 0 bridgehead atoms. The fourth-order valence-corrected chi connectivity index (χ4v) is 2.52. The van der Waals surface area contributed by atoms with Gasteiger partial charge in [0.1, 0.15) is 6.10 Å². The van der Waals surface area contributed by atoms with Gasteiger partial charge in [-0.3, -0.25) is 5.10 Å². The molecule has 1 N–H and O–H groups in total. The Hall–Kier alpha value is -1.58. The fourth-order valence-electron chi connectivity index (χ4n) is 2.52. The Balaban J connectivity index is 1.91. The molecule has 2 aromatic heterocycles. The molecule has 1 aliphatic rings. The lowest BCUT2D eigenvalue weighted by Crippen LogP contribution is -2.20. The lowest BCUT2D eigenvalue weighted by molar-refractivity contribution is 0.151. The highest BCUT2D eigenvalue weighted by molar-refractivity contribution is 5.85. The van der Waals surface area contributed by atoms with Crippen LogP contribution < -0.4 is 4.74 Å². The second-order valence-electron chi connectivity index (χ2n) is 4.73. The number of hydrogen-bond donors (Lipinski definition) is 1. The second-order valence-corrected chi connectivity index (χ2v) is 4.73. The van der Waals surface area contributed by atoms with Crippen LogP contribution in [0.1, 0.15) is 37.8 Å². The molecule has 2 heterocycles. The number of nitrogens with zero attached hydrogens (tertiary/aromatic N) is 2. The maximum Gasteiger partial charge on any atom is 0.225 e. The van der Waals surface area contributed by atoms with E-state index in [0.717, 1.165) is 35.3 Å². The summed E-state index contributed by atoms with van der Waals surface area (Å²) in [6.07, 6.45) is 8.27. The normalized spacial score (nSPS) is 17.5. The summed E-state index contributed by atoms with van der Waals surface area (Å²) in [5.74, 6) is 0.737. The lowest BCUT2D eigenvalue weighted by atomic mass is 9.98. The monoisotopic (exact) mass is 231 g/mol. The maximum atomic E-state index is 6.04. The van der Waals surface area contributed by atoms with Gasteiger partial charge in [-0.1, -0.05) is 6.42 Å². The molecular weight excluding hydrogens is 214 g/mol. The first-order valence-corrected chi connectivity index (χ1v) is 6.31. The van der Waals surface area contributed by atoms with Gasteiger partial charge in [-0.05, 0) is 38.7 Å². The number of nitrogens with one attached hydrogen (secondary N) is 1. The van der Waals surface area contributed by atoms with Crippen LogP contribution in [0.2, 0.25) is 0 Å². The summed E-state index contributed by atoms with van der Waals surface area (Å²) < 4.78 is 6.04. The molecule has 0 aliphatic heterocycles. The van der Waals surface area contributed by atoms with Crippen molar-refractivity contribution in [1.29, 1.82) is 0 Å². The van der Waals surface area contributed by atoms with E-state index in [2.05, 4.69) is 15.2 Å². The zero-order chi connectivity index (χ0) is 11.7. The summed E-state index contributed by atoms with van der Waals surface area (Å²) in [6.45, 7) is 1.98. The van der Waals surface area contributed by atoms with Crippen molar-refractivity contribution in [2.45, 2.75) is 45.1 Å². The Morgan fingerprint density at radius 2 is 2.12 bits per heavy atom. The fraction of sp³-hybridized carbons (Fsp3) is 0.538. The van der Waals surface area contributed by atoms with Crippen LogP contribution in [0.4, 0.5) is 0 Å². The van der Waals surface area contributed by atoms with Gasteiger partial charge in [0.05, 0.1) is 16.6 Å². The molecule has 0 spiro atoms.